The van der Waals surface area contributed by atoms with Crippen LogP contribution in [0.3, 0.4) is 0 Å². The van der Waals surface area contributed by atoms with Crippen LogP contribution in [0.15, 0.2) is 4.99 Å². The average Bonchev–Trinajstić information content (AvgIpc) is 2.32. The second-order valence-electron chi connectivity index (χ2n) is 2.19. The number of guanidine groups is 1. The minimum Gasteiger partial charge on any atom is -0.440 e. The van der Waals surface area contributed by atoms with Crippen LogP contribution in [0, 0.1) is 0 Å². The second kappa shape index (κ2) is 10.4. The van der Waals surface area contributed by atoms with Gasteiger partial charge in [-0.1, -0.05) is 0 Å². The fourth-order valence-corrected chi connectivity index (χ4v) is 1.16. The number of nitrogens with one attached hydrogen (secondary N) is 4. The van der Waals surface area contributed by atoms with E-state index in [2.05, 4.69) is 30.1 Å². The van der Waals surface area contributed by atoms with Crippen molar-refractivity contribution in [2.75, 3.05) is 7.05 Å². The van der Waals surface area contributed by atoms with Gasteiger partial charge in [0.2, 0.25) is 5.96 Å². The number of nitrogens with zero attached hydrogens (tertiary/aromatic N) is 1. The van der Waals surface area contributed by atoms with E-state index < -0.39 is 29.4 Å². The zero-order valence-electron chi connectivity index (χ0n) is 8.77. The van der Waals surface area contributed by atoms with E-state index in [1.54, 1.807) is 0 Å². The first-order valence-corrected chi connectivity index (χ1v) is 5.98. The monoisotopic (exact) mass is 276 g/mol. The fraction of sp³-hybridized carbons (Fsp3) is 0.250. The Labute approximate surface area is 103 Å². The lowest BCUT2D eigenvalue weighted by Crippen LogP contribution is -2.42. The van der Waals surface area contributed by atoms with E-state index in [1.165, 1.54) is 7.05 Å². The van der Waals surface area contributed by atoms with Gasteiger partial charge >= 0.3 is 13.7 Å². The lowest BCUT2D eigenvalue weighted by atomic mass is 10.4. The molecule has 0 aliphatic carbocycles. The average molecular weight is 276 g/mol. The highest BCUT2D eigenvalue weighted by Crippen LogP contribution is 2.03. The third kappa shape index (κ3) is 9.02. The quantitative estimate of drug-likeness (QED) is 0.176. The predicted molar refractivity (Wildman–Crippen MR) is 68.1 cm³/mol. The van der Waals surface area contributed by atoms with Crippen LogP contribution in [0.1, 0.15) is 0 Å². The van der Waals surface area contributed by atoms with Gasteiger partial charge in [-0.2, -0.15) is 0 Å². The SMILES string of the molecule is [B]NPOC(=O)NC(=NC)NC(=O)PN[B]O. The maximum atomic E-state index is 11.2. The van der Waals surface area contributed by atoms with Crippen LogP contribution in [0.2, 0.25) is 0 Å². The normalized spacial score (nSPS) is 12.0. The van der Waals surface area contributed by atoms with Gasteiger partial charge in [-0.3, -0.25) is 20.4 Å². The zero-order valence-corrected chi connectivity index (χ0v) is 10.8. The minimum atomic E-state index is -0.813. The molecule has 5 N–H and O–H groups in total. The maximum absolute atomic E-state index is 11.2. The summed E-state index contributed by atoms with van der Waals surface area (Å²) < 4.78 is 4.54. The molecule has 9 nitrogen and oxygen atoms in total. The van der Waals surface area contributed by atoms with Crippen LogP contribution < -0.4 is 20.6 Å². The summed E-state index contributed by atoms with van der Waals surface area (Å²) in [5.74, 6) is -0.0749. The predicted octanol–water partition coefficient (Wildman–Crippen LogP) is -1.70. The first-order chi connectivity index (χ1) is 8.13. The van der Waals surface area contributed by atoms with E-state index in [4.69, 9.17) is 13.0 Å². The summed E-state index contributed by atoms with van der Waals surface area (Å²) in [6, 6.07) is 0. The van der Waals surface area contributed by atoms with Gasteiger partial charge in [0.25, 0.3) is 5.65 Å². The number of amides is 2. The van der Waals surface area contributed by atoms with Crippen LogP contribution >= 0.6 is 17.7 Å². The van der Waals surface area contributed by atoms with E-state index in [0.717, 1.165) is 0 Å². The van der Waals surface area contributed by atoms with Crippen LogP contribution in [0.5, 0.6) is 0 Å². The number of carbonyl (C=O) groups is 2. The van der Waals surface area contributed by atoms with Crippen molar-refractivity contribution in [1.29, 1.82) is 0 Å². The van der Waals surface area contributed by atoms with E-state index >= 15 is 0 Å². The number of hydrogen-bond acceptors (Lipinski definition) is 7. The van der Waals surface area contributed by atoms with Crippen LogP contribution in [-0.2, 0) is 4.52 Å². The molecule has 0 spiro atoms. The summed E-state index contributed by atoms with van der Waals surface area (Å²) in [6.45, 7) is 0. The van der Waals surface area contributed by atoms with Crippen LogP contribution in [-0.4, -0.2) is 45.4 Å². The smallest absolute Gasteiger partial charge is 0.417 e. The van der Waals surface area contributed by atoms with Crippen molar-refractivity contribution in [3.8, 4) is 0 Å². The molecule has 2 atom stereocenters. The molecule has 0 aromatic heterocycles. The lowest BCUT2D eigenvalue weighted by Gasteiger charge is -2.09. The molecule has 0 aliphatic heterocycles. The van der Waals surface area contributed by atoms with Crippen LogP contribution in [0.4, 0.5) is 9.59 Å². The zero-order chi connectivity index (χ0) is 13.1. The molecule has 2 amide bonds. The Morgan fingerprint density at radius 3 is 2.71 bits per heavy atom. The minimum absolute atomic E-state index is 0.0749. The van der Waals surface area contributed by atoms with Gasteiger partial charge in [-0.15, -0.1) is 0 Å². The van der Waals surface area contributed by atoms with E-state index in [0.29, 0.717) is 7.62 Å². The molecule has 0 bridgehead atoms. The van der Waals surface area contributed by atoms with Gasteiger partial charge < -0.3 is 19.5 Å². The number of carbonyl (C=O) groups excluding carboxylic acids is 2. The molecule has 2 unspecified atom stereocenters. The van der Waals surface area contributed by atoms with E-state index in [9.17, 15) is 9.59 Å². The molecule has 0 saturated carbocycles. The van der Waals surface area contributed by atoms with Crippen LogP contribution in [0.25, 0.3) is 0 Å². The van der Waals surface area contributed by atoms with Gasteiger partial charge in [0, 0.05) is 15.8 Å². The largest absolute Gasteiger partial charge is 0.440 e. The van der Waals surface area contributed by atoms with E-state index in [-0.39, 0.29) is 5.96 Å². The Morgan fingerprint density at radius 1 is 1.47 bits per heavy atom. The molecule has 0 aromatic carbocycles. The summed E-state index contributed by atoms with van der Waals surface area (Å²) in [6.07, 6.45) is -0.813. The Hall–Kier alpha value is -0.720. The molecule has 13 heteroatoms. The molecule has 0 aliphatic rings. The standard InChI is InChI=1S/C4H10B2N5O4P2/c1-7-2(8-3(12)15-17-10-5)9-4(13)16-11-6-14/h10-11,14,16-17H,1H3,(H2,7,8,9,12,13). The molecular weight excluding hydrogens is 266 g/mol. The van der Waals surface area contributed by atoms with Gasteiger partial charge in [-0.25, -0.2) is 4.79 Å². The van der Waals surface area contributed by atoms with Crippen molar-refractivity contribution in [3.05, 3.63) is 0 Å². The fourth-order valence-electron chi connectivity index (χ4n) is 0.578. The van der Waals surface area contributed by atoms with Crippen molar-refractivity contribution in [2.24, 2.45) is 4.99 Å². The Morgan fingerprint density at radius 2 is 2.18 bits per heavy atom. The Balaban J connectivity index is 4.00. The Kier molecular flexibility index (Phi) is 9.99. The summed E-state index contributed by atoms with van der Waals surface area (Å²) in [4.78, 5) is 30.3. The van der Waals surface area contributed by atoms with Crippen molar-refractivity contribution in [2.45, 2.75) is 0 Å². The first-order valence-electron chi connectivity index (χ1n) is 4.07. The topological polar surface area (TPSA) is 124 Å². The number of rotatable bonds is 5. The number of aliphatic imine (C=N–C) groups is 1. The van der Waals surface area contributed by atoms with Crippen molar-refractivity contribution in [1.82, 2.24) is 20.6 Å². The molecule has 0 fully saturated rings. The first kappa shape index (κ1) is 16.3. The van der Waals surface area contributed by atoms with Crippen molar-refractivity contribution in [3.63, 3.8) is 0 Å². The van der Waals surface area contributed by atoms with Gasteiger partial charge in [0.15, 0.2) is 7.98 Å². The molecule has 91 valence electrons. The Bertz CT molecular complexity index is 269. The maximum Gasteiger partial charge on any atom is 0.417 e. The third-order valence-electron chi connectivity index (χ3n) is 1.13. The third-order valence-corrected chi connectivity index (χ3v) is 2.16. The van der Waals surface area contributed by atoms with Gasteiger partial charge in [-0.05, 0) is 0 Å². The molecule has 0 saturated heterocycles. The summed E-state index contributed by atoms with van der Waals surface area (Å²) >= 11 is 0. The molecule has 17 heavy (non-hydrogen) atoms. The molecule has 0 rings (SSSR count). The molecule has 3 radical (unpaired) electrons. The summed E-state index contributed by atoms with van der Waals surface area (Å²) in [5, 5.41) is 12.8. The van der Waals surface area contributed by atoms with Crippen molar-refractivity contribution >= 4 is 51.0 Å². The lowest BCUT2D eigenvalue weighted by molar-refractivity contribution is 0.212. The summed E-state index contributed by atoms with van der Waals surface area (Å²) in [5.41, 5.74) is -0.476. The molecular formula is C4H10B2N5O4P2. The van der Waals surface area contributed by atoms with Gasteiger partial charge in [0.1, 0.15) is 8.96 Å². The highest BCUT2D eigenvalue weighted by Gasteiger charge is 2.09. The highest BCUT2D eigenvalue weighted by atomic mass is 31.1. The molecule has 0 aromatic rings. The second-order valence-corrected chi connectivity index (χ2v) is 3.88. The summed E-state index contributed by atoms with van der Waals surface area (Å²) in [7, 11) is 6.09. The number of hydrogen-bond donors (Lipinski definition) is 5. The molecule has 0 heterocycles. The van der Waals surface area contributed by atoms with E-state index in [1.807, 2.05) is 0 Å². The highest BCUT2D eigenvalue weighted by molar-refractivity contribution is 7.57. The van der Waals surface area contributed by atoms with Gasteiger partial charge in [0.05, 0.1) is 0 Å². The van der Waals surface area contributed by atoms with Crippen molar-refractivity contribution < 1.29 is 19.1 Å².